The molecule has 26 heavy (non-hydrogen) atoms. The van der Waals surface area contributed by atoms with Crippen LogP contribution in [0.5, 0.6) is 17.4 Å². The highest BCUT2D eigenvalue weighted by Crippen LogP contribution is 2.34. The predicted molar refractivity (Wildman–Crippen MR) is 75.7 cm³/mol. The maximum atomic E-state index is 12.7. The largest absolute Gasteiger partial charge is 0.573 e. The Morgan fingerprint density at radius 1 is 1.12 bits per heavy atom. The SMILES string of the molecule is Cc1cc(OC(F)(F)F)ccc1Oc1ncc(C(F)(F)F)cc1C(N)=O. The zero-order valence-corrected chi connectivity index (χ0v) is 12.9. The van der Waals surface area contributed by atoms with Crippen LogP contribution in [0.3, 0.4) is 0 Å². The van der Waals surface area contributed by atoms with E-state index < -0.39 is 41.2 Å². The lowest BCUT2D eigenvalue weighted by Gasteiger charge is -2.14. The number of carbonyl (C=O) groups is 1. The highest BCUT2D eigenvalue weighted by atomic mass is 19.4. The van der Waals surface area contributed by atoms with Gasteiger partial charge in [0.25, 0.3) is 5.91 Å². The van der Waals surface area contributed by atoms with Crippen LogP contribution < -0.4 is 15.2 Å². The van der Waals surface area contributed by atoms with Crippen LogP contribution in [0.1, 0.15) is 21.5 Å². The summed E-state index contributed by atoms with van der Waals surface area (Å²) < 4.78 is 83.6. The molecular formula is C15H10F6N2O3. The number of rotatable bonds is 4. The maximum absolute atomic E-state index is 12.7. The third-order valence-corrected chi connectivity index (χ3v) is 3.03. The molecule has 0 aliphatic rings. The molecule has 0 aliphatic heterocycles. The number of benzene rings is 1. The number of primary amides is 1. The molecule has 0 unspecified atom stereocenters. The third-order valence-electron chi connectivity index (χ3n) is 3.03. The lowest BCUT2D eigenvalue weighted by atomic mass is 10.1. The second-order valence-corrected chi connectivity index (χ2v) is 5.02. The summed E-state index contributed by atoms with van der Waals surface area (Å²) in [5, 5.41) is 0. The molecule has 0 radical (unpaired) electrons. The van der Waals surface area contributed by atoms with E-state index in [9.17, 15) is 31.1 Å². The number of carbonyl (C=O) groups excluding carboxylic acids is 1. The Labute approximate surface area is 142 Å². The summed E-state index contributed by atoms with van der Waals surface area (Å²) >= 11 is 0. The van der Waals surface area contributed by atoms with Crippen LogP contribution in [-0.4, -0.2) is 17.3 Å². The standard InChI is InChI=1S/C15H10F6N2O3/c1-7-4-9(26-15(19,20)21)2-3-11(7)25-13-10(12(22)24)5-8(6-23-13)14(16,17)18/h2-6H,1H3,(H2,22,24). The van der Waals surface area contributed by atoms with Gasteiger partial charge in [0, 0.05) is 6.20 Å². The fourth-order valence-electron chi connectivity index (χ4n) is 1.90. The molecule has 1 amide bonds. The molecule has 1 aromatic carbocycles. The molecule has 2 N–H and O–H groups in total. The van der Waals surface area contributed by atoms with Gasteiger partial charge in [0.15, 0.2) is 0 Å². The third kappa shape index (κ3) is 4.77. The van der Waals surface area contributed by atoms with E-state index in [0.29, 0.717) is 12.3 Å². The molecule has 0 saturated heterocycles. The molecule has 5 nitrogen and oxygen atoms in total. The summed E-state index contributed by atoms with van der Waals surface area (Å²) in [6.07, 6.45) is -9.19. The van der Waals surface area contributed by atoms with Crippen molar-refractivity contribution in [2.24, 2.45) is 5.73 Å². The number of alkyl halides is 6. The highest BCUT2D eigenvalue weighted by molar-refractivity contribution is 5.95. The summed E-state index contributed by atoms with van der Waals surface area (Å²) in [6, 6.07) is 3.49. The van der Waals surface area contributed by atoms with E-state index in [0.717, 1.165) is 18.2 Å². The normalized spacial score (nSPS) is 12.0. The fourth-order valence-corrected chi connectivity index (χ4v) is 1.90. The van der Waals surface area contributed by atoms with Gasteiger partial charge < -0.3 is 15.2 Å². The molecule has 0 fully saturated rings. The zero-order valence-electron chi connectivity index (χ0n) is 12.9. The Hall–Kier alpha value is -2.98. The van der Waals surface area contributed by atoms with Crippen LogP contribution in [0.2, 0.25) is 0 Å². The van der Waals surface area contributed by atoms with Crippen LogP contribution >= 0.6 is 0 Å². The van der Waals surface area contributed by atoms with E-state index in [4.69, 9.17) is 10.5 Å². The first kappa shape index (κ1) is 19.3. The molecule has 140 valence electrons. The Kier molecular flexibility index (Phi) is 5.01. The van der Waals surface area contributed by atoms with E-state index in [2.05, 4.69) is 9.72 Å². The summed E-state index contributed by atoms with van der Waals surface area (Å²) in [4.78, 5) is 14.8. The molecule has 0 saturated carbocycles. The topological polar surface area (TPSA) is 74.4 Å². The van der Waals surface area contributed by atoms with E-state index in [1.807, 2.05) is 0 Å². The second-order valence-electron chi connectivity index (χ2n) is 5.02. The molecule has 0 atom stereocenters. The van der Waals surface area contributed by atoms with Crippen LogP contribution in [0, 0.1) is 6.92 Å². The van der Waals surface area contributed by atoms with Crippen LogP contribution in [-0.2, 0) is 6.18 Å². The molecule has 0 aliphatic carbocycles. The lowest BCUT2D eigenvalue weighted by molar-refractivity contribution is -0.274. The van der Waals surface area contributed by atoms with E-state index in [-0.39, 0.29) is 11.3 Å². The minimum atomic E-state index is -4.89. The van der Waals surface area contributed by atoms with Gasteiger partial charge in [0.1, 0.15) is 17.1 Å². The molecule has 0 spiro atoms. The highest BCUT2D eigenvalue weighted by Gasteiger charge is 2.33. The van der Waals surface area contributed by atoms with Crippen molar-refractivity contribution >= 4 is 5.91 Å². The number of pyridine rings is 1. The fraction of sp³-hybridized carbons (Fsp3) is 0.200. The number of aromatic nitrogens is 1. The Bertz CT molecular complexity index is 833. The van der Waals surface area contributed by atoms with Gasteiger partial charge in [-0.2, -0.15) is 13.2 Å². The predicted octanol–water partition coefficient (Wildman–Crippen LogP) is 4.20. The molecule has 1 aromatic heterocycles. The number of nitrogens with zero attached hydrogens (tertiary/aromatic N) is 1. The van der Waals surface area contributed by atoms with E-state index >= 15 is 0 Å². The van der Waals surface area contributed by atoms with Crippen LogP contribution in [0.4, 0.5) is 26.3 Å². The molecule has 1 heterocycles. The number of amides is 1. The smallest absolute Gasteiger partial charge is 0.438 e. The van der Waals surface area contributed by atoms with Crippen molar-refractivity contribution in [1.82, 2.24) is 4.98 Å². The first-order chi connectivity index (χ1) is 11.9. The number of aryl methyl sites for hydroxylation is 1. The van der Waals surface area contributed by atoms with E-state index in [1.54, 1.807) is 0 Å². The van der Waals surface area contributed by atoms with Gasteiger partial charge in [-0.25, -0.2) is 4.98 Å². The average Bonchev–Trinajstić information content (AvgIpc) is 2.47. The van der Waals surface area contributed by atoms with Crippen molar-refractivity contribution in [1.29, 1.82) is 0 Å². The Morgan fingerprint density at radius 3 is 2.27 bits per heavy atom. The van der Waals surface area contributed by atoms with Gasteiger partial charge >= 0.3 is 12.5 Å². The quantitative estimate of drug-likeness (QED) is 0.807. The Morgan fingerprint density at radius 2 is 1.77 bits per heavy atom. The van der Waals surface area contributed by atoms with Crippen molar-refractivity contribution in [2.75, 3.05) is 0 Å². The lowest BCUT2D eigenvalue weighted by Crippen LogP contribution is -2.17. The van der Waals surface area contributed by atoms with Crippen molar-refractivity contribution < 1.29 is 40.6 Å². The minimum absolute atomic E-state index is 0.0470. The summed E-state index contributed by atoms with van der Waals surface area (Å²) in [5.74, 6) is -2.29. The first-order valence-electron chi connectivity index (χ1n) is 6.78. The number of hydrogen-bond donors (Lipinski definition) is 1. The van der Waals surface area contributed by atoms with Crippen LogP contribution in [0.25, 0.3) is 0 Å². The van der Waals surface area contributed by atoms with Gasteiger partial charge in [0.05, 0.1) is 5.56 Å². The van der Waals surface area contributed by atoms with Gasteiger partial charge in [-0.1, -0.05) is 0 Å². The summed E-state index contributed by atoms with van der Waals surface area (Å²) in [6.45, 7) is 1.37. The van der Waals surface area contributed by atoms with Crippen molar-refractivity contribution in [2.45, 2.75) is 19.5 Å². The van der Waals surface area contributed by atoms with Crippen molar-refractivity contribution in [3.8, 4) is 17.4 Å². The Balaban J connectivity index is 2.35. The number of hydrogen-bond acceptors (Lipinski definition) is 4. The number of nitrogens with two attached hydrogens (primary N) is 1. The molecule has 2 rings (SSSR count). The maximum Gasteiger partial charge on any atom is 0.573 e. The van der Waals surface area contributed by atoms with Gasteiger partial charge in [-0.3, -0.25) is 4.79 Å². The van der Waals surface area contributed by atoms with Crippen LogP contribution in [0.15, 0.2) is 30.5 Å². The van der Waals surface area contributed by atoms with Gasteiger partial charge in [-0.05, 0) is 36.8 Å². The summed E-state index contributed by atoms with van der Waals surface area (Å²) in [5.41, 5.74) is 3.36. The van der Waals surface area contributed by atoms with E-state index in [1.165, 1.54) is 6.92 Å². The zero-order chi connectivity index (χ0) is 19.7. The first-order valence-corrected chi connectivity index (χ1v) is 6.78. The minimum Gasteiger partial charge on any atom is -0.438 e. The molecule has 0 bridgehead atoms. The molecular weight excluding hydrogens is 370 g/mol. The molecule has 2 aromatic rings. The molecule has 11 heteroatoms. The van der Waals surface area contributed by atoms with Gasteiger partial charge in [0.2, 0.25) is 5.88 Å². The average molecular weight is 380 g/mol. The monoisotopic (exact) mass is 380 g/mol. The number of halogens is 6. The van der Waals surface area contributed by atoms with Crippen molar-refractivity contribution in [3.05, 3.63) is 47.2 Å². The second kappa shape index (κ2) is 6.73. The number of ether oxygens (including phenoxy) is 2. The van der Waals surface area contributed by atoms with Gasteiger partial charge in [-0.15, -0.1) is 13.2 Å². The van der Waals surface area contributed by atoms with Crippen molar-refractivity contribution in [3.63, 3.8) is 0 Å². The summed E-state index contributed by atoms with van der Waals surface area (Å²) in [7, 11) is 0.